The summed E-state index contributed by atoms with van der Waals surface area (Å²) in [6.07, 6.45) is 2.43. The second-order valence-electron chi connectivity index (χ2n) is 6.40. The lowest BCUT2D eigenvalue weighted by molar-refractivity contribution is 0.196. The maximum absolute atomic E-state index is 8.89. The number of rotatable bonds is 7. The van der Waals surface area contributed by atoms with Crippen LogP contribution in [0.5, 0.6) is 11.5 Å². The van der Waals surface area contributed by atoms with Gasteiger partial charge in [-0.15, -0.1) is 0 Å². The molecular weight excluding hydrogens is 318 g/mol. The molecule has 1 heterocycles. The van der Waals surface area contributed by atoms with E-state index in [1.165, 1.54) is 12.8 Å². The van der Waals surface area contributed by atoms with Gasteiger partial charge in [0.05, 0.1) is 20.3 Å². The van der Waals surface area contributed by atoms with Crippen LogP contribution in [0.3, 0.4) is 0 Å². The number of likely N-dealkylation sites (tertiary alicyclic amines) is 1. The van der Waals surface area contributed by atoms with Crippen LogP contribution in [-0.2, 0) is 6.54 Å². The number of hydrogen-bond donors (Lipinski definition) is 2. The second-order valence-corrected chi connectivity index (χ2v) is 6.40. The third-order valence-electron chi connectivity index (χ3n) is 4.41. The van der Waals surface area contributed by atoms with Crippen molar-refractivity contribution in [1.29, 1.82) is 0 Å². The molecule has 140 valence electrons. The molecule has 0 unspecified atom stereocenters. The van der Waals surface area contributed by atoms with Gasteiger partial charge in [0.25, 0.3) is 0 Å². The largest absolute Gasteiger partial charge is 0.493 e. The summed E-state index contributed by atoms with van der Waals surface area (Å²) >= 11 is 0. The number of aliphatic hydroxyl groups is 1. The number of nitrogens with one attached hydrogen (secondary N) is 1. The molecular formula is C19H31N3O3. The average molecular weight is 349 g/mol. The molecule has 2 N–H and O–H groups in total. The second kappa shape index (κ2) is 10.1. The first-order chi connectivity index (χ1) is 12.2. The zero-order valence-electron chi connectivity index (χ0n) is 15.6. The Morgan fingerprint density at radius 1 is 1.32 bits per heavy atom. The van der Waals surface area contributed by atoms with Crippen molar-refractivity contribution in [2.75, 3.05) is 40.0 Å². The van der Waals surface area contributed by atoms with E-state index in [2.05, 4.69) is 24.1 Å². The Hall–Kier alpha value is -1.95. The van der Waals surface area contributed by atoms with E-state index >= 15 is 0 Å². The normalized spacial score (nSPS) is 16.0. The lowest BCUT2D eigenvalue weighted by atomic mass is 10.00. The van der Waals surface area contributed by atoms with Crippen LogP contribution in [0.4, 0.5) is 0 Å². The highest BCUT2D eigenvalue weighted by Crippen LogP contribution is 2.28. The van der Waals surface area contributed by atoms with Crippen molar-refractivity contribution >= 4 is 5.96 Å². The smallest absolute Gasteiger partial charge is 0.194 e. The molecule has 0 spiro atoms. The van der Waals surface area contributed by atoms with Crippen LogP contribution in [0, 0.1) is 5.92 Å². The van der Waals surface area contributed by atoms with E-state index in [0.717, 1.165) is 37.1 Å². The molecule has 1 aromatic carbocycles. The summed E-state index contributed by atoms with van der Waals surface area (Å²) < 4.78 is 10.9. The fourth-order valence-electron chi connectivity index (χ4n) is 2.90. The van der Waals surface area contributed by atoms with Gasteiger partial charge in [0.2, 0.25) is 0 Å². The first-order valence-electron chi connectivity index (χ1n) is 9.11. The number of guanidine groups is 1. The maximum atomic E-state index is 8.89. The number of ether oxygens (including phenoxy) is 2. The van der Waals surface area contributed by atoms with Crippen molar-refractivity contribution < 1.29 is 14.6 Å². The van der Waals surface area contributed by atoms with Crippen LogP contribution in [-0.4, -0.2) is 55.9 Å². The van der Waals surface area contributed by atoms with E-state index in [9.17, 15) is 0 Å². The number of methoxy groups -OCH3 is 1. The Morgan fingerprint density at radius 2 is 2.08 bits per heavy atom. The van der Waals surface area contributed by atoms with Gasteiger partial charge in [0, 0.05) is 19.6 Å². The lowest BCUT2D eigenvalue weighted by Gasteiger charge is -2.33. The van der Waals surface area contributed by atoms with E-state index in [-0.39, 0.29) is 13.2 Å². The van der Waals surface area contributed by atoms with E-state index in [1.807, 2.05) is 18.2 Å². The molecule has 0 radical (unpaired) electrons. The summed E-state index contributed by atoms with van der Waals surface area (Å²) in [5.74, 6) is 3.09. The van der Waals surface area contributed by atoms with Gasteiger partial charge in [-0.2, -0.15) is 0 Å². The number of benzene rings is 1. The highest BCUT2D eigenvalue weighted by molar-refractivity contribution is 5.80. The quantitative estimate of drug-likeness (QED) is 0.584. The van der Waals surface area contributed by atoms with Gasteiger partial charge in [-0.1, -0.05) is 13.0 Å². The fraction of sp³-hybridized carbons (Fsp3) is 0.632. The first kappa shape index (κ1) is 19.4. The predicted octanol–water partition coefficient (Wildman–Crippen LogP) is 2.26. The van der Waals surface area contributed by atoms with Gasteiger partial charge in [-0.3, -0.25) is 0 Å². The van der Waals surface area contributed by atoms with E-state index in [0.29, 0.717) is 18.0 Å². The van der Waals surface area contributed by atoms with E-state index < -0.39 is 0 Å². The molecule has 0 bridgehead atoms. The SMILES string of the molecule is CCNC(=NCc1ccc(OCCO)c(OC)c1)N1CCC(C)CC1. The Kier molecular flexibility index (Phi) is 7.85. The number of piperidine rings is 1. The molecule has 1 aromatic rings. The monoisotopic (exact) mass is 349 g/mol. The number of aliphatic imine (C=N–C) groups is 1. The van der Waals surface area contributed by atoms with Crippen molar-refractivity contribution in [1.82, 2.24) is 10.2 Å². The lowest BCUT2D eigenvalue weighted by Crippen LogP contribution is -2.45. The minimum atomic E-state index is -0.0182. The predicted molar refractivity (Wildman–Crippen MR) is 100 cm³/mol. The summed E-state index contributed by atoms with van der Waals surface area (Å²) in [4.78, 5) is 7.14. The molecule has 0 aromatic heterocycles. The minimum Gasteiger partial charge on any atom is -0.493 e. The van der Waals surface area contributed by atoms with Gasteiger partial charge < -0.3 is 24.8 Å². The molecule has 1 aliphatic rings. The van der Waals surface area contributed by atoms with Crippen molar-refractivity contribution in [3.05, 3.63) is 23.8 Å². The van der Waals surface area contributed by atoms with Gasteiger partial charge in [-0.05, 0) is 43.4 Å². The molecule has 0 atom stereocenters. The molecule has 1 aliphatic heterocycles. The van der Waals surface area contributed by atoms with Crippen LogP contribution in [0.25, 0.3) is 0 Å². The molecule has 1 saturated heterocycles. The summed E-state index contributed by atoms with van der Waals surface area (Å²) in [6, 6.07) is 5.80. The van der Waals surface area contributed by atoms with Crippen molar-refractivity contribution in [3.63, 3.8) is 0 Å². The Balaban J connectivity index is 2.06. The van der Waals surface area contributed by atoms with Gasteiger partial charge in [0.15, 0.2) is 17.5 Å². The fourth-order valence-corrected chi connectivity index (χ4v) is 2.90. The zero-order chi connectivity index (χ0) is 18.1. The van der Waals surface area contributed by atoms with Crippen LogP contribution < -0.4 is 14.8 Å². The number of hydrogen-bond acceptors (Lipinski definition) is 4. The van der Waals surface area contributed by atoms with Crippen LogP contribution in [0.2, 0.25) is 0 Å². The molecule has 6 heteroatoms. The van der Waals surface area contributed by atoms with Crippen LogP contribution in [0.15, 0.2) is 23.2 Å². The van der Waals surface area contributed by atoms with Crippen molar-refractivity contribution in [3.8, 4) is 11.5 Å². The average Bonchev–Trinajstić information content (AvgIpc) is 2.64. The minimum absolute atomic E-state index is 0.0182. The van der Waals surface area contributed by atoms with Gasteiger partial charge in [0.1, 0.15) is 6.61 Å². The molecule has 0 saturated carbocycles. The van der Waals surface area contributed by atoms with Gasteiger partial charge >= 0.3 is 0 Å². The molecule has 1 fully saturated rings. The van der Waals surface area contributed by atoms with Crippen LogP contribution >= 0.6 is 0 Å². The summed E-state index contributed by atoms with van der Waals surface area (Å²) in [5.41, 5.74) is 1.06. The third-order valence-corrected chi connectivity index (χ3v) is 4.41. The Labute approximate surface area is 150 Å². The topological polar surface area (TPSA) is 66.3 Å². The number of aliphatic hydroxyl groups excluding tert-OH is 1. The van der Waals surface area contributed by atoms with Gasteiger partial charge in [-0.25, -0.2) is 4.99 Å². The van der Waals surface area contributed by atoms with Crippen molar-refractivity contribution in [2.24, 2.45) is 10.9 Å². The summed E-state index contributed by atoms with van der Waals surface area (Å²) in [5, 5.41) is 12.3. The molecule has 6 nitrogen and oxygen atoms in total. The third kappa shape index (κ3) is 5.81. The summed E-state index contributed by atoms with van der Waals surface area (Å²) in [7, 11) is 1.62. The first-order valence-corrected chi connectivity index (χ1v) is 9.11. The maximum Gasteiger partial charge on any atom is 0.194 e. The van der Waals surface area contributed by atoms with E-state index in [4.69, 9.17) is 19.6 Å². The highest BCUT2D eigenvalue weighted by Gasteiger charge is 2.18. The molecule has 0 aliphatic carbocycles. The Bertz CT molecular complexity index is 555. The molecule has 0 amide bonds. The molecule has 2 rings (SSSR count). The van der Waals surface area contributed by atoms with Crippen LogP contribution in [0.1, 0.15) is 32.3 Å². The number of nitrogens with zero attached hydrogens (tertiary/aromatic N) is 2. The van der Waals surface area contributed by atoms with E-state index in [1.54, 1.807) is 7.11 Å². The molecule has 25 heavy (non-hydrogen) atoms. The zero-order valence-corrected chi connectivity index (χ0v) is 15.6. The standard InChI is InChI=1S/C19H31N3O3/c1-4-20-19(22-9-7-15(2)8-10-22)21-14-16-5-6-17(25-12-11-23)18(13-16)24-3/h5-6,13,15,23H,4,7-12,14H2,1-3H3,(H,20,21). The summed E-state index contributed by atoms with van der Waals surface area (Å²) in [6.45, 7) is 8.22. The van der Waals surface area contributed by atoms with Crippen molar-refractivity contribution in [2.45, 2.75) is 33.2 Å². The Morgan fingerprint density at radius 3 is 2.72 bits per heavy atom. The highest BCUT2D eigenvalue weighted by atomic mass is 16.5.